The molecule has 1 aliphatic rings. The van der Waals surface area contributed by atoms with Gasteiger partial charge in [-0.15, -0.1) is 0 Å². The van der Waals surface area contributed by atoms with Gasteiger partial charge in [-0.2, -0.15) is 0 Å². The number of rotatable bonds is 4. The minimum Gasteiger partial charge on any atom is -0.392 e. The predicted molar refractivity (Wildman–Crippen MR) is 74.2 cm³/mol. The molecule has 112 valence electrons. The lowest BCUT2D eigenvalue weighted by molar-refractivity contribution is 0.281. The summed E-state index contributed by atoms with van der Waals surface area (Å²) >= 11 is 0. The molecular formula is C14H20FNO3S. The summed E-state index contributed by atoms with van der Waals surface area (Å²) in [5.74, 6) is -0.110. The monoisotopic (exact) mass is 301 g/mol. The van der Waals surface area contributed by atoms with E-state index in [1.54, 1.807) is 0 Å². The van der Waals surface area contributed by atoms with Gasteiger partial charge < -0.3 is 5.11 Å². The fourth-order valence-electron chi connectivity index (χ4n) is 2.67. The smallest absolute Gasteiger partial charge is 0.241 e. The van der Waals surface area contributed by atoms with Crippen molar-refractivity contribution in [2.45, 2.75) is 50.7 Å². The SMILES string of the molecule is Cc1c(F)cc(CO)cc1S(=O)(=O)NC1CCC(C)C1. The van der Waals surface area contributed by atoms with Gasteiger partial charge in [-0.25, -0.2) is 17.5 Å². The van der Waals surface area contributed by atoms with Gasteiger partial charge in [0.1, 0.15) is 5.82 Å². The molecule has 1 saturated carbocycles. The highest BCUT2D eigenvalue weighted by molar-refractivity contribution is 7.89. The Morgan fingerprint density at radius 2 is 2.10 bits per heavy atom. The Balaban J connectivity index is 2.31. The van der Waals surface area contributed by atoms with Crippen LogP contribution in [0.5, 0.6) is 0 Å². The van der Waals surface area contributed by atoms with Crippen LogP contribution in [0.15, 0.2) is 17.0 Å². The molecule has 6 heteroatoms. The number of aliphatic hydroxyl groups is 1. The Morgan fingerprint density at radius 1 is 1.40 bits per heavy atom. The summed E-state index contributed by atoms with van der Waals surface area (Å²) in [6.07, 6.45) is 2.61. The van der Waals surface area contributed by atoms with Crippen LogP contribution in [-0.4, -0.2) is 19.6 Å². The molecule has 0 amide bonds. The Hall–Kier alpha value is -0.980. The number of hydrogen-bond acceptors (Lipinski definition) is 3. The predicted octanol–water partition coefficient (Wildman–Crippen LogP) is 2.09. The fourth-order valence-corrected chi connectivity index (χ4v) is 4.26. The first-order valence-electron chi connectivity index (χ1n) is 6.75. The van der Waals surface area contributed by atoms with Gasteiger partial charge in [0.25, 0.3) is 0 Å². The van der Waals surface area contributed by atoms with Gasteiger partial charge in [-0.1, -0.05) is 6.92 Å². The molecule has 0 aromatic heterocycles. The molecule has 2 rings (SSSR count). The van der Waals surface area contributed by atoms with Crippen molar-refractivity contribution < 1.29 is 17.9 Å². The maximum atomic E-state index is 13.7. The van der Waals surface area contributed by atoms with Crippen LogP contribution in [0.25, 0.3) is 0 Å². The molecule has 1 aromatic rings. The van der Waals surface area contributed by atoms with Crippen LogP contribution in [0.4, 0.5) is 4.39 Å². The number of nitrogens with one attached hydrogen (secondary N) is 1. The minimum absolute atomic E-state index is 0.0823. The van der Waals surface area contributed by atoms with Crippen molar-refractivity contribution in [1.29, 1.82) is 0 Å². The van der Waals surface area contributed by atoms with Gasteiger partial charge in [0, 0.05) is 11.6 Å². The Bertz CT molecular complexity index is 601. The summed E-state index contributed by atoms with van der Waals surface area (Å²) in [6, 6.07) is 2.40. The number of benzene rings is 1. The van der Waals surface area contributed by atoms with Crippen LogP contribution < -0.4 is 4.72 Å². The molecule has 2 N–H and O–H groups in total. The maximum Gasteiger partial charge on any atom is 0.241 e. The van der Waals surface area contributed by atoms with Crippen LogP contribution in [0, 0.1) is 18.7 Å². The molecule has 0 radical (unpaired) electrons. The first kappa shape index (κ1) is 15.4. The molecule has 0 bridgehead atoms. The van der Waals surface area contributed by atoms with E-state index in [0.29, 0.717) is 5.92 Å². The highest BCUT2D eigenvalue weighted by Gasteiger charge is 2.28. The Labute approximate surface area is 119 Å². The van der Waals surface area contributed by atoms with Crippen LogP contribution >= 0.6 is 0 Å². The van der Waals surface area contributed by atoms with E-state index >= 15 is 0 Å². The third-order valence-corrected chi connectivity index (χ3v) is 5.49. The lowest BCUT2D eigenvalue weighted by Crippen LogP contribution is -2.33. The summed E-state index contributed by atoms with van der Waals surface area (Å²) in [5.41, 5.74) is 0.342. The van der Waals surface area contributed by atoms with E-state index in [-0.39, 0.29) is 28.7 Å². The molecule has 1 aromatic carbocycles. The second-order valence-electron chi connectivity index (χ2n) is 5.60. The van der Waals surface area contributed by atoms with E-state index in [1.807, 2.05) is 0 Å². The average Bonchev–Trinajstić information content (AvgIpc) is 2.76. The van der Waals surface area contributed by atoms with Crippen molar-refractivity contribution >= 4 is 10.0 Å². The zero-order valence-electron chi connectivity index (χ0n) is 11.7. The van der Waals surface area contributed by atoms with E-state index < -0.39 is 15.8 Å². The van der Waals surface area contributed by atoms with Crippen LogP contribution in [0.3, 0.4) is 0 Å². The third kappa shape index (κ3) is 3.19. The summed E-state index contributed by atoms with van der Waals surface area (Å²) < 4.78 is 41.1. The molecule has 0 aliphatic heterocycles. The van der Waals surface area contributed by atoms with Crippen LogP contribution in [0.2, 0.25) is 0 Å². The topological polar surface area (TPSA) is 66.4 Å². The zero-order valence-corrected chi connectivity index (χ0v) is 12.5. The molecule has 1 fully saturated rings. The molecule has 2 unspecified atom stereocenters. The largest absolute Gasteiger partial charge is 0.392 e. The number of halogens is 1. The maximum absolute atomic E-state index is 13.7. The van der Waals surface area contributed by atoms with Crippen molar-refractivity contribution in [2.75, 3.05) is 0 Å². The normalized spacial score (nSPS) is 23.2. The van der Waals surface area contributed by atoms with E-state index in [4.69, 9.17) is 5.11 Å². The van der Waals surface area contributed by atoms with E-state index in [9.17, 15) is 12.8 Å². The molecular weight excluding hydrogens is 281 g/mol. The third-order valence-electron chi connectivity index (χ3n) is 3.85. The van der Waals surface area contributed by atoms with E-state index in [0.717, 1.165) is 25.3 Å². The van der Waals surface area contributed by atoms with Crippen LogP contribution in [0.1, 0.15) is 37.3 Å². The Kier molecular flexibility index (Phi) is 4.46. The highest BCUT2D eigenvalue weighted by atomic mass is 32.2. The molecule has 20 heavy (non-hydrogen) atoms. The molecule has 4 nitrogen and oxygen atoms in total. The van der Waals surface area contributed by atoms with Crippen molar-refractivity contribution in [3.05, 3.63) is 29.1 Å². The number of aliphatic hydroxyl groups excluding tert-OH is 1. The average molecular weight is 301 g/mol. The van der Waals surface area contributed by atoms with Crippen molar-refractivity contribution in [2.24, 2.45) is 5.92 Å². The molecule has 1 aliphatic carbocycles. The van der Waals surface area contributed by atoms with Gasteiger partial charge in [-0.05, 0) is 49.8 Å². The fraction of sp³-hybridized carbons (Fsp3) is 0.571. The Morgan fingerprint density at radius 3 is 2.65 bits per heavy atom. The zero-order chi connectivity index (χ0) is 14.9. The second-order valence-corrected chi connectivity index (χ2v) is 7.28. The molecule has 0 spiro atoms. The van der Waals surface area contributed by atoms with Crippen molar-refractivity contribution in [3.8, 4) is 0 Å². The number of hydrogen-bond donors (Lipinski definition) is 2. The molecule has 2 atom stereocenters. The molecule has 0 saturated heterocycles. The van der Waals surface area contributed by atoms with E-state index in [1.165, 1.54) is 13.0 Å². The first-order chi connectivity index (χ1) is 9.33. The lowest BCUT2D eigenvalue weighted by Gasteiger charge is -2.15. The van der Waals surface area contributed by atoms with Gasteiger partial charge in [-0.3, -0.25) is 0 Å². The minimum atomic E-state index is -3.75. The van der Waals surface area contributed by atoms with Crippen molar-refractivity contribution in [3.63, 3.8) is 0 Å². The summed E-state index contributed by atoms with van der Waals surface area (Å²) in [5, 5.41) is 9.08. The van der Waals surface area contributed by atoms with E-state index in [2.05, 4.69) is 11.6 Å². The number of sulfonamides is 1. The van der Waals surface area contributed by atoms with Gasteiger partial charge in [0.2, 0.25) is 10.0 Å². The second kappa shape index (κ2) is 5.79. The van der Waals surface area contributed by atoms with Crippen LogP contribution in [-0.2, 0) is 16.6 Å². The quantitative estimate of drug-likeness (QED) is 0.895. The van der Waals surface area contributed by atoms with Gasteiger partial charge in [0.15, 0.2) is 0 Å². The van der Waals surface area contributed by atoms with Gasteiger partial charge in [0.05, 0.1) is 11.5 Å². The summed E-state index contributed by atoms with van der Waals surface area (Å²) in [4.78, 5) is -0.0823. The van der Waals surface area contributed by atoms with Crippen molar-refractivity contribution in [1.82, 2.24) is 4.72 Å². The van der Waals surface area contributed by atoms with Gasteiger partial charge >= 0.3 is 0 Å². The lowest BCUT2D eigenvalue weighted by atomic mass is 10.1. The standard InChI is InChI=1S/C14H20FNO3S/c1-9-3-4-12(5-9)16-20(18,19)14-7-11(8-17)6-13(15)10(14)2/h6-7,9,12,16-17H,3-5,8H2,1-2H3. The summed E-state index contributed by atoms with van der Waals surface area (Å²) in [6.45, 7) is 3.13. The molecule has 0 heterocycles. The highest BCUT2D eigenvalue weighted by Crippen LogP contribution is 2.27. The first-order valence-corrected chi connectivity index (χ1v) is 8.24. The summed E-state index contributed by atoms with van der Waals surface area (Å²) in [7, 11) is -3.75.